The van der Waals surface area contributed by atoms with Crippen molar-refractivity contribution < 1.29 is 9.53 Å². The number of likely N-dealkylation sites (N-methyl/N-ethyl adjacent to an activating group) is 1. The van der Waals surface area contributed by atoms with Crippen molar-refractivity contribution in [2.45, 2.75) is 31.9 Å². The first-order chi connectivity index (χ1) is 9.09. The van der Waals surface area contributed by atoms with Gasteiger partial charge in [0.05, 0.1) is 17.7 Å². The van der Waals surface area contributed by atoms with E-state index < -0.39 is 5.60 Å². The minimum atomic E-state index is -0.654. The number of aryl methyl sites for hydroxylation is 1. The molecule has 0 saturated carbocycles. The fourth-order valence-corrected chi connectivity index (χ4v) is 3.28. The Hall–Kier alpha value is -0.980. The fourth-order valence-electron chi connectivity index (χ4n) is 2.45. The number of amides is 1. The largest absolute Gasteiger partial charge is 0.368 e. The Kier molecular flexibility index (Phi) is 4.54. The van der Waals surface area contributed by atoms with Crippen molar-refractivity contribution in [1.29, 1.82) is 0 Å². The third-order valence-electron chi connectivity index (χ3n) is 3.76. The van der Waals surface area contributed by atoms with Crippen LogP contribution in [0, 0.1) is 6.92 Å². The first-order valence-electron chi connectivity index (χ1n) is 6.49. The fraction of sp³-hybridized carbons (Fsp3) is 0.692. The summed E-state index contributed by atoms with van der Waals surface area (Å²) in [5.74, 6) is 0.0734. The second kappa shape index (κ2) is 5.98. The van der Waals surface area contributed by atoms with E-state index in [4.69, 9.17) is 4.74 Å². The van der Waals surface area contributed by atoms with Gasteiger partial charge in [-0.3, -0.25) is 4.79 Å². The zero-order valence-corrected chi connectivity index (χ0v) is 12.5. The molecule has 1 aromatic heterocycles. The van der Waals surface area contributed by atoms with Gasteiger partial charge in [-0.25, -0.2) is 4.98 Å². The SMILES string of the molecule is COC1(C(=O)N(C)Cc2scnc2C)CCNCC1. The molecule has 106 valence electrons. The van der Waals surface area contributed by atoms with Gasteiger partial charge in [-0.15, -0.1) is 11.3 Å². The van der Waals surface area contributed by atoms with Crippen LogP contribution >= 0.6 is 11.3 Å². The van der Waals surface area contributed by atoms with Crippen molar-refractivity contribution in [3.05, 3.63) is 16.1 Å². The van der Waals surface area contributed by atoms with Gasteiger partial charge < -0.3 is 15.0 Å². The second-order valence-corrected chi connectivity index (χ2v) is 5.91. The van der Waals surface area contributed by atoms with E-state index >= 15 is 0 Å². The lowest BCUT2D eigenvalue weighted by Crippen LogP contribution is -2.54. The molecule has 0 bridgehead atoms. The van der Waals surface area contributed by atoms with Crippen LogP contribution in [0.3, 0.4) is 0 Å². The highest BCUT2D eigenvalue weighted by Gasteiger charge is 2.41. The number of hydrogen-bond acceptors (Lipinski definition) is 5. The molecule has 6 heteroatoms. The van der Waals surface area contributed by atoms with E-state index in [2.05, 4.69) is 10.3 Å². The zero-order valence-electron chi connectivity index (χ0n) is 11.7. The molecule has 2 heterocycles. The molecule has 0 unspecified atom stereocenters. The summed E-state index contributed by atoms with van der Waals surface area (Å²) in [6.07, 6.45) is 1.46. The first kappa shape index (κ1) is 14.4. The number of piperidine rings is 1. The van der Waals surface area contributed by atoms with Crippen LogP contribution in [0.1, 0.15) is 23.4 Å². The van der Waals surface area contributed by atoms with Gasteiger partial charge in [-0.2, -0.15) is 0 Å². The Labute approximate surface area is 118 Å². The molecule has 2 rings (SSSR count). The predicted molar refractivity (Wildman–Crippen MR) is 75.2 cm³/mol. The summed E-state index contributed by atoms with van der Waals surface area (Å²) in [5.41, 5.74) is 2.17. The monoisotopic (exact) mass is 283 g/mol. The van der Waals surface area contributed by atoms with Crippen molar-refractivity contribution in [3.8, 4) is 0 Å². The zero-order chi connectivity index (χ0) is 13.9. The highest BCUT2D eigenvalue weighted by molar-refractivity contribution is 7.09. The number of aromatic nitrogens is 1. The van der Waals surface area contributed by atoms with Crippen LogP contribution in [0.4, 0.5) is 0 Å². The van der Waals surface area contributed by atoms with Crippen molar-refractivity contribution in [2.24, 2.45) is 0 Å². The Morgan fingerprint density at radius 3 is 2.79 bits per heavy atom. The molecule has 0 aliphatic carbocycles. The topological polar surface area (TPSA) is 54.5 Å². The summed E-state index contributed by atoms with van der Waals surface area (Å²) in [6.45, 7) is 4.23. The minimum absolute atomic E-state index is 0.0734. The van der Waals surface area contributed by atoms with Crippen LogP contribution in [0.15, 0.2) is 5.51 Å². The lowest BCUT2D eigenvalue weighted by Gasteiger charge is -2.37. The normalized spacial score (nSPS) is 18.3. The van der Waals surface area contributed by atoms with Gasteiger partial charge in [0.15, 0.2) is 0 Å². The smallest absolute Gasteiger partial charge is 0.254 e. The molecule has 19 heavy (non-hydrogen) atoms. The van der Waals surface area contributed by atoms with Crippen LogP contribution in [-0.2, 0) is 16.1 Å². The molecule has 1 amide bonds. The van der Waals surface area contributed by atoms with E-state index in [1.165, 1.54) is 0 Å². The molecule has 5 nitrogen and oxygen atoms in total. The number of hydrogen-bond donors (Lipinski definition) is 1. The average molecular weight is 283 g/mol. The molecule has 0 radical (unpaired) electrons. The lowest BCUT2D eigenvalue weighted by molar-refractivity contribution is -0.157. The number of carbonyl (C=O) groups excluding carboxylic acids is 1. The van der Waals surface area contributed by atoms with E-state index in [0.717, 1.165) is 36.5 Å². The summed E-state index contributed by atoms with van der Waals surface area (Å²) in [6, 6.07) is 0. The summed E-state index contributed by atoms with van der Waals surface area (Å²) in [5, 5.41) is 3.26. The van der Waals surface area contributed by atoms with Crippen LogP contribution < -0.4 is 5.32 Å². The highest BCUT2D eigenvalue weighted by atomic mass is 32.1. The molecule has 1 N–H and O–H groups in total. The second-order valence-electron chi connectivity index (χ2n) is 4.97. The Bertz CT molecular complexity index is 441. The van der Waals surface area contributed by atoms with E-state index in [-0.39, 0.29) is 5.91 Å². The van der Waals surface area contributed by atoms with Crippen molar-refractivity contribution >= 4 is 17.2 Å². The van der Waals surface area contributed by atoms with Crippen molar-refractivity contribution in [1.82, 2.24) is 15.2 Å². The van der Waals surface area contributed by atoms with E-state index in [1.54, 1.807) is 23.3 Å². The average Bonchev–Trinajstić information content (AvgIpc) is 2.84. The number of methoxy groups -OCH3 is 1. The molecular weight excluding hydrogens is 262 g/mol. The molecule has 0 aromatic carbocycles. The summed E-state index contributed by atoms with van der Waals surface area (Å²) in [4.78, 5) is 19.8. The van der Waals surface area contributed by atoms with Crippen LogP contribution in [-0.4, -0.2) is 48.6 Å². The van der Waals surface area contributed by atoms with Gasteiger partial charge in [-0.05, 0) is 32.9 Å². The number of carbonyl (C=O) groups is 1. The van der Waals surface area contributed by atoms with Gasteiger partial charge in [-0.1, -0.05) is 0 Å². The number of nitrogens with zero attached hydrogens (tertiary/aromatic N) is 2. The number of nitrogens with one attached hydrogen (secondary N) is 1. The first-order valence-corrected chi connectivity index (χ1v) is 7.37. The van der Waals surface area contributed by atoms with Crippen LogP contribution in [0.25, 0.3) is 0 Å². The van der Waals surface area contributed by atoms with Gasteiger partial charge in [0.25, 0.3) is 5.91 Å². The number of ether oxygens (including phenoxy) is 1. The highest BCUT2D eigenvalue weighted by Crippen LogP contribution is 2.26. The van der Waals surface area contributed by atoms with Gasteiger partial charge in [0, 0.05) is 19.0 Å². The Morgan fingerprint density at radius 2 is 2.26 bits per heavy atom. The Morgan fingerprint density at radius 1 is 1.58 bits per heavy atom. The van der Waals surface area contributed by atoms with Gasteiger partial charge in [0.2, 0.25) is 0 Å². The molecular formula is C13H21N3O2S. The van der Waals surface area contributed by atoms with Gasteiger partial charge in [0.1, 0.15) is 5.60 Å². The third kappa shape index (κ3) is 2.96. The minimum Gasteiger partial charge on any atom is -0.368 e. The number of rotatable bonds is 4. The third-order valence-corrected chi connectivity index (χ3v) is 4.68. The van der Waals surface area contributed by atoms with Crippen molar-refractivity contribution in [2.75, 3.05) is 27.2 Å². The van der Waals surface area contributed by atoms with E-state index in [0.29, 0.717) is 6.54 Å². The van der Waals surface area contributed by atoms with Crippen LogP contribution in [0.5, 0.6) is 0 Å². The van der Waals surface area contributed by atoms with E-state index in [9.17, 15) is 4.79 Å². The molecule has 0 atom stereocenters. The predicted octanol–water partition coefficient (Wildman–Crippen LogP) is 1.18. The molecule has 1 fully saturated rings. The summed E-state index contributed by atoms with van der Waals surface area (Å²) in [7, 11) is 3.47. The maximum absolute atomic E-state index is 12.6. The van der Waals surface area contributed by atoms with Crippen molar-refractivity contribution in [3.63, 3.8) is 0 Å². The number of thiazole rings is 1. The van der Waals surface area contributed by atoms with Crippen LogP contribution in [0.2, 0.25) is 0 Å². The molecule has 1 saturated heterocycles. The quantitative estimate of drug-likeness (QED) is 0.901. The molecule has 1 aliphatic rings. The standard InChI is InChI=1S/C13H21N3O2S/c1-10-11(19-9-15-10)8-16(2)12(17)13(18-3)4-6-14-7-5-13/h9,14H,4-8H2,1-3H3. The molecule has 1 aliphatic heterocycles. The molecule has 1 aromatic rings. The van der Waals surface area contributed by atoms with Gasteiger partial charge >= 0.3 is 0 Å². The lowest BCUT2D eigenvalue weighted by atomic mass is 9.90. The Balaban J connectivity index is 2.07. The summed E-state index contributed by atoms with van der Waals surface area (Å²) >= 11 is 1.59. The summed E-state index contributed by atoms with van der Waals surface area (Å²) < 4.78 is 5.57. The maximum Gasteiger partial charge on any atom is 0.254 e. The maximum atomic E-state index is 12.6. The molecule has 0 spiro atoms. The van der Waals surface area contributed by atoms with E-state index in [1.807, 2.05) is 19.5 Å².